The maximum absolute atomic E-state index is 11.4. The molecule has 2 amide bonds. The quantitative estimate of drug-likeness (QED) is 0.0435. The van der Waals surface area contributed by atoms with Crippen LogP contribution in [0.25, 0.3) is 0 Å². The molecule has 7 heterocycles. The summed E-state index contributed by atoms with van der Waals surface area (Å²) in [6.07, 6.45) is -0.647. The maximum atomic E-state index is 11.4. The standard InChI is InChI=1S/C10H20BO7P.C9H19O5P.C8H15BN2O2.C8H14BO6P.C8H16BO6P.C7H15BNO4P.C7H14BO4PS/c1-4-7-8(18-19(12,13)15-3)9(10(11)17-7)16-6-5-14-2;1-7-4-8(14-15(3,10)11)9(6-12-2)13-5-7;1-3-4-11(8(13)5-9)6-7(12)10-2;1-3-8-4-13-5(7(9)14-8)6(8)15-16(10,11)12-2;1-4-5-6(15-16(10,11)13-3)7(12-2)8(9)14-5;1-3-6-5(4-7(8)13-6)9-14(10,11)12-2;1-3-5-6(4-7(8)11-5)12-13(9,14)10-2/h7-10H,4-6H2,1-3H3,(H,12,13);7-9H,4-6H2,1-3H3,(H,10,11);3-6H2,1-2H3,(H,10,12);5-7H,3-4H2,1-2H3,(H,10,11);5-8H,4H2,1-3H3,(H,10,11);5-7H,3-4H2,1-2H3,(H2,9,10,11);5-7H,3-4H2,1-2H3,(H,9,14)/p-5/t7-,8?,9+,10-;7-,8+,9+;;2*5-,6?,7+,8-;5?,6-,7-;5-,6?,7-,13?/m10.0111/s1. The number of carbonyl (C=O) groups is 2. The van der Waals surface area contributed by atoms with Crippen molar-refractivity contribution in [2.75, 3.05) is 117 Å². The van der Waals surface area contributed by atoms with Gasteiger partial charge in [0, 0.05) is 120 Å². The van der Waals surface area contributed by atoms with Crippen LogP contribution >= 0.6 is 45.5 Å². The van der Waals surface area contributed by atoms with Crippen LogP contribution in [-0.4, -0.2) is 306 Å². The van der Waals surface area contributed by atoms with Crippen LogP contribution < -0.4 is 34.9 Å². The summed E-state index contributed by atoms with van der Waals surface area (Å²) in [7, 11) is 24.6. The van der Waals surface area contributed by atoms with Gasteiger partial charge < -0.3 is 137 Å². The van der Waals surface area contributed by atoms with Crippen molar-refractivity contribution in [1.29, 1.82) is 0 Å². The number of amides is 2. The Bertz CT molecular complexity index is 2800. The van der Waals surface area contributed by atoms with Crippen molar-refractivity contribution in [3.05, 3.63) is 0 Å². The van der Waals surface area contributed by atoms with E-state index >= 15 is 0 Å². The van der Waals surface area contributed by atoms with E-state index in [9.17, 15) is 61.8 Å². The van der Waals surface area contributed by atoms with Gasteiger partial charge in [-0.2, -0.15) is 0 Å². The minimum Gasteiger partial charge on any atom is -0.780 e. The van der Waals surface area contributed by atoms with Gasteiger partial charge in [0.05, 0.1) is 77.4 Å². The first kappa shape index (κ1) is 105. The zero-order chi connectivity index (χ0) is 82.1. The van der Waals surface area contributed by atoms with Crippen LogP contribution in [0, 0.1) is 5.92 Å². The van der Waals surface area contributed by atoms with Gasteiger partial charge in [0.1, 0.15) is 94.3 Å². The van der Waals surface area contributed by atoms with Gasteiger partial charge >= 0.3 is 7.60 Å². The highest BCUT2D eigenvalue weighted by atomic mass is 32.5. The third-order valence-electron chi connectivity index (χ3n) is 16.7. The van der Waals surface area contributed by atoms with Gasteiger partial charge in [-0.05, 0) is 70.0 Å². The van der Waals surface area contributed by atoms with E-state index in [-0.39, 0.29) is 80.5 Å². The Morgan fingerprint density at radius 2 is 1.13 bits per heavy atom. The molecule has 7 aliphatic heterocycles. The fraction of sp³-hybridized carbons (Fsp3) is 0.965. The van der Waals surface area contributed by atoms with E-state index in [0.717, 1.165) is 54.1 Å². The summed E-state index contributed by atoms with van der Waals surface area (Å²) in [5, 5.41) is 4.87. The second-order valence-corrected chi connectivity index (χ2v) is 35.3. The Kier molecular flexibility index (Phi) is 50.3. The average Bonchev–Trinajstić information content (AvgIpc) is 1.58. The molecule has 7 saturated heterocycles. The number of phosphoric acid groups is 3. The van der Waals surface area contributed by atoms with E-state index in [1.807, 2.05) is 48.5 Å². The number of likely N-dealkylation sites (N-methyl/N-ethyl adjacent to an activating group) is 1. The van der Waals surface area contributed by atoms with Gasteiger partial charge in [0.15, 0.2) is 0 Å². The lowest BCUT2D eigenvalue weighted by atomic mass is 9.91. The third kappa shape index (κ3) is 37.4. The average molecular weight is 1660 g/mol. The van der Waals surface area contributed by atoms with E-state index in [0.29, 0.717) is 64.4 Å². The van der Waals surface area contributed by atoms with E-state index in [1.165, 1.54) is 32.9 Å². The lowest BCUT2D eigenvalue weighted by Crippen LogP contribution is -2.41. The van der Waals surface area contributed by atoms with Crippen molar-refractivity contribution >= 4 is 116 Å². The topological polar surface area (TPSA) is 476 Å². The molecule has 614 valence electrons. The highest BCUT2D eigenvalue weighted by Crippen LogP contribution is 2.51. The molecule has 0 saturated carbocycles. The van der Waals surface area contributed by atoms with E-state index in [2.05, 4.69) is 44.8 Å². The molecule has 107 heavy (non-hydrogen) atoms. The zero-order valence-corrected chi connectivity index (χ0v) is 70.2. The third-order valence-corrected chi connectivity index (χ3v) is 23.0. The van der Waals surface area contributed by atoms with E-state index < -0.39 is 124 Å². The number of hydrogen-bond donors (Lipinski definition) is 3. The summed E-state index contributed by atoms with van der Waals surface area (Å²) in [4.78, 5) is 89.2. The Hall–Kier alpha value is 0.00961. The number of nitrogens with one attached hydrogen (secondary N) is 2. The predicted molar refractivity (Wildman–Crippen MR) is 388 cm³/mol. The summed E-state index contributed by atoms with van der Waals surface area (Å²) in [5.41, 5.74) is -0.775. The van der Waals surface area contributed by atoms with E-state index in [4.69, 9.17) is 122 Å². The van der Waals surface area contributed by atoms with Gasteiger partial charge in [-0.25, -0.2) is 0 Å². The molecule has 27 atom stereocenters. The molecule has 0 aromatic heterocycles. The van der Waals surface area contributed by atoms with Crippen LogP contribution in [0.3, 0.4) is 0 Å². The molecule has 50 heteroatoms. The molecule has 0 aromatic carbocycles. The second-order valence-electron chi connectivity index (χ2n) is 24.7. The Morgan fingerprint density at radius 1 is 0.617 bits per heavy atom. The fourth-order valence-electron chi connectivity index (χ4n) is 11.3. The first-order chi connectivity index (χ1) is 49.9. The number of carbonyl (C=O) groups excluding carboxylic acids is 2. The molecule has 11 unspecified atom stereocenters. The highest BCUT2D eigenvalue weighted by Gasteiger charge is 2.60. The van der Waals surface area contributed by atoms with Gasteiger partial charge in [-0.3, -0.25) is 37.5 Å². The Morgan fingerprint density at radius 3 is 1.58 bits per heavy atom. The number of ether oxygens (including phenoxy) is 11. The lowest BCUT2D eigenvalue weighted by molar-refractivity contribution is -0.232. The number of rotatable bonds is 34. The summed E-state index contributed by atoms with van der Waals surface area (Å²) in [6.45, 7) is 13.8. The number of nitrogens with zero attached hydrogens (tertiary/aromatic N) is 1. The van der Waals surface area contributed by atoms with Gasteiger partial charge in [-0.15, -0.1) is 0 Å². The molecule has 0 spiro atoms. The van der Waals surface area contributed by atoms with Crippen molar-refractivity contribution in [3.8, 4) is 0 Å². The number of phosphoric ester groups is 3. The number of hydrogen-bond acceptors (Lipinski definition) is 34. The summed E-state index contributed by atoms with van der Waals surface area (Å²) in [5.74, 6) is -0.0182. The van der Waals surface area contributed by atoms with Gasteiger partial charge in [0.2, 0.25) is 19.6 Å². The van der Waals surface area contributed by atoms with Crippen LogP contribution in [0.15, 0.2) is 0 Å². The van der Waals surface area contributed by atoms with Crippen LogP contribution in [0.5, 0.6) is 0 Å². The first-order valence-electron chi connectivity index (χ1n) is 34.3. The fourth-order valence-corrected chi connectivity index (χ4v) is 15.7. The molecule has 7 aliphatic rings. The SMILES string of the molecule is COC[C@H]1OC[C@@H](C)C[C@H]1OP(C)(=O)O.[B]CC(=O)N(CCC)CC(=O)NC.[B][C@@H]1O[C@@]2(CC)CO[C@H]1C2OP(=O)([O-])OC.[B][C@@H]1O[C@H](CC)C(OP(=O)([O-])OC)[C@@H]1OC.[B][C@@H]1O[C@H](CC)C(OP(=O)([O-])OC)[C@@H]1OCCOC.[B][C@H]1CC(NP(=O)([O-])OC)[C@@H](CC)O1.[B][C@H]1CC(OP([O-])(=S)OC)[C@@H](CC)O1. The lowest BCUT2D eigenvalue weighted by Gasteiger charge is -2.34. The molecular weight excluding hydrogens is 1550 g/mol. The van der Waals surface area contributed by atoms with Crippen molar-refractivity contribution in [3.63, 3.8) is 0 Å². The molecule has 12 radical (unpaired) electrons. The summed E-state index contributed by atoms with van der Waals surface area (Å²) >= 11 is 4.64. The molecule has 37 nitrogen and oxygen atoms in total. The number of fused-ring (bicyclic) bond motifs is 2. The van der Waals surface area contributed by atoms with Crippen LogP contribution in [0.4, 0.5) is 0 Å². The molecule has 3 N–H and O–H groups in total. The van der Waals surface area contributed by atoms with Crippen molar-refractivity contribution in [2.45, 2.75) is 234 Å². The zero-order valence-electron chi connectivity index (χ0n) is 64.0. The van der Waals surface area contributed by atoms with Crippen molar-refractivity contribution < 1.29 is 159 Å². The smallest absolute Gasteiger partial charge is 0.325 e. The molecule has 7 rings (SSSR count). The largest absolute Gasteiger partial charge is 0.780 e. The minimum atomic E-state index is -4.37. The highest BCUT2D eigenvalue weighted by molar-refractivity contribution is 8.06. The van der Waals surface area contributed by atoms with Crippen LogP contribution in [0.2, 0.25) is 6.32 Å². The second kappa shape index (κ2) is 51.3. The predicted octanol–water partition coefficient (Wildman–Crippen LogP) is 0.0502. The van der Waals surface area contributed by atoms with Crippen LogP contribution in [-0.2, 0) is 142 Å². The molecular formula is C57H108B6N3O34P6S-5. The number of methoxy groups -OCH3 is 3. The molecule has 7 fully saturated rings. The molecule has 0 aromatic rings. The Labute approximate surface area is 643 Å². The van der Waals surface area contributed by atoms with Crippen molar-refractivity contribution in [2.24, 2.45) is 5.92 Å². The monoisotopic (exact) mass is 1660 g/mol. The normalized spacial score (nSPS) is 34.6. The first-order valence-corrected chi connectivity index (χ1v) is 44.8. The van der Waals surface area contributed by atoms with Gasteiger partial charge in [-0.1, -0.05) is 60.3 Å². The van der Waals surface area contributed by atoms with Crippen LogP contribution in [0.1, 0.15) is 106 Å². The summed E-state index contributed by atoms with van der Waals surface area (Å²) < 4.78 is 161. The molecule has 2 bridgehead atoms. The van der Waals surface area contributed by atoms with Crippen molar-refractivity contribution in [1.82, 2.24) is 15.3 Å². The van der Waals surface area contributed by atoms with E-state index in [1.54, 1.807) is 14.2 Å². The maximum Gasteiger partial charge on any atom is 0.325 e. The minimum absolute atomic E-state index is 0.0446. The molecule has 0 aliphatic carbocycles. The summed E-state index contributed by atoms with van der Waals surface area (Å²) in [6, 6.07) is -3.14. The Balaban J connectivity index is 0.000000626. The van der Waals surface area contributed by atoms with Gasteiger partial charge in [0.25, 0.3) is 23.5 Å².